The fourth-order valence-electron chi connectivity index (χ4n) is 6.07. The van der Waals surface area contributed by atoms with E-state index in [0.29, 0.717) is 11.1 Å². The molecule has 3 amide bonds. The number of hydrogen-bond donors (Lipinski definition) is 6. The SMILES string of the molecule is CC(C)(C)OC(=O)Nc1ncc(I)cc1O.Cn1ncc(I)c1-c1cnc(NC(=O)OC(C)(C)C)c(O)c1.Cn1nccc1-c1cnc(NC(=O)OC(C)(C)C)c(O)c1.Cn1nccc1B1OC(C)(C)C(C)(C)O1. The number of anilines is 3. The molecular formula is C48H65BI2N12O11. The fraction of sp³-hybridized carbons (Fsp3) is 0.438. The summed E-state index contributed by atoms with van der Waals surface area (Å²) in [6.45, 7) is 24.0. The van der Waals surface area contributed by atoms with Gasteiger partial charge in [0.05, 0.1) is 38.0 Å². The highest BCUT2D eigenvalue weighted by molar-refractivity contribution is 14.1. The molecule has 26 heteroatoms. The molecule has 400 valence electrons. The predicted octanol–water partition coefficient (Wildman–Crippen LogP) is 9.13. The number of halogens is 2. The molecule has 7 heterocycles. The molecular weight excluding hydrogens is 1190 g/mol. The van der Waals surface area contributed by atoms with Gasteiger partial charge in [0.1, 0.15) is 16.8 Å². The van der Waals surface area contributed by atoms with Crippen molar-refractivity contribution in [3.05, 3.63) is 74.7 Å². The van der Waals surface area contributed by atoms with Gasteiger partial charge in [0, 0.05) is 66.8 Å². The van der Waals surface area contributed by atoms with Crippen molar-refractivity contribution < 1.29 is 53.2 Å². The summed E-state index contributed by atoms with van der Waals surface area (Å²) < 4.78 is 33.9. The van der Waals surface area contributed by atoms with Gasteiger partial charge in [-0.2, -0.15) is 15.3 Å². The first-order chi connectivity index (χ1) is 34.0. The number of hydrogen-bond acceptors (Lipinski definition) is 17. The zero-order chi connectivity index (χ0) is 55.7. The Hall–Kier alpha value is -6.27. The summed E-state index contributed by atoms with van der Waals surface area (Å²) in [6, 6.07) is 8.26. The number of aryl methyl sites for hydroxylation is 3. The molecule has 0 spiro atoms. The molecule has 1 aliphatic heterocycles. The van der Waals surface area contributed by atoms with E-state index in [1.165, 1.54) is 24.4 Å². The second-order valence-corrected chi connectivity index (χ2v) is 22.8. The van der Waals surface area contributed by atoms with E-state index in [9.17, 15) is 29.7 Å². The maximum Gasteiger partial charge on any atom is 0.514 e. The minimum absolute atomic E-state index is 0.0511. The van der Waals surface area contributed by atoms with Crippen LogP contribution in [0.3, 0.4) is 0 Å². The van der Waals surface area contributed by atoms with Crippen molar-refractivity contribution in [2.24, 2.45) is 21.1 Å². The lowest BCUT2D eigenvalue weighted by molar-refractivity contribution is 0.00578. The Morgan fingerprint density at radius 1 is 0.581 bits per heavy atom. The van der Waals surface area contributed by atoms with Crippen LogP contribution in [0.2, 0.25) is 0 Å². The number of nitrogens with one attached hydrogen (secondary N) is 3. The zero-order valence-electron chi connectivity index (χ0n) is 44.3. The van der Waals surface area contributed by atoms with E-state index in [2.05, 4.69) is 68.8 Å². The Morgan fingerprint density at radius 3 is 1.35 bits per heavy atom. The third-order valence-corrected chi connectivity index (χ3v) is 11.4. The molecule has 6 aromatic rings. The zero-order valence-corrected chi connectivity index (χ0v) is 48.6. The first-order valence-electron chi connectivity index (χ1n) is 22.8. The van der Waals surface area contributed by atoms with Crippen LogP contribution in [0.1, 0.15) is 90.0 Å². The topological polar surface area (TPSA) is 286 Å². The summed E-state index contributed by atoms with van der Waals surface area (Å²) in [4.78, 5) is 46.7. The van der Waals surface area contributed by atoms with Crippen molar-refractivity contribution in [3.63, 3.8) is 0 Å². The summed E-state index contributed by atoms with van der Waals surface area (Å²) in [7, 11) is 5.17. The van der Waals surface area contributed by atoms with Crippen LogP contribution in [0.4, 0.5) is 31.8 Å². The van der Waals surface area contributed by atoms with Crippen molar-refractivity contribution >= 4 is 93.6 Å². The van der Waals surface area contributed by atoms with E-state index in [1.54, 1.807) is 128 Å². The maximum absolute atomic E-state index is 11.7. The van der Waals surface area contributed by atoms with Crippen LogP contribution in [-0.4, -0.2) is 113 Å². The summed E-state index contributed by atoms with van der Waals surface area (Å²) in [5.74, 6) is -0.169. The van der Waals surface area contributed by atoms with Crippen LogP contribution in [0.5, 0.6) is 17.2 Å². The number of ether oxygens (including phenoxy) is 3. The quantitative estimate of drug-likeness (QED) is 0.0515. The Balaban J connectivity index is 0.000000216. The third-order valence-electron chi connectivity index (χ3n) is 10.1. The molecule has 1 aliphatic rings. The molecule has 7 rings (SSSR count). The average Bonchev–Trinajstić information content (AvgIpc) is 4.01. The molecule has 0 aliphatic carbocycles. The standard InChI is InChI=1S/C14H17IN4O3.C14H18N4O3.C10H17BN2O2.C10H13IN2O3/c1-14(2,3)22-13(21)18-12-10(20)5-8(6-16-12)11-9(15)7-17-19(11)4;1-14(2,3)21-13(20)17-12-11(19)7-9(8-15-12)10-5-6-16-18(10)4;1-9(2)10(3,4)15-11(14-9)8-6-7-12-13(8)5;1-10(2,3)16-9(15)13-8-7(14)4-6(11)5-12-8/h5-7,20H,1-4H3,(H,16,18,21);5-8,19H,1-4H3,(H,15,17,20);6-7H,1-5H3;4-5,14H,1-3H3,(H,12,13,15). The van der Waals surface area contributed by atoms with Gasteiger partial charge in [-0.05, 0) is 166 Å². The van der Waals surface area contributed by atoms with Gasteiger partial charge in [0.25, 0.3) is 0 Å². The molecule has 1 fully saturated rings. The van der Waals surface area contributed by atoms with Crippen LogP contribution in [0.25, 0.3) is 22.5 Å². The highest BCUT2D eigenvalue weighted by Gasteiger charge is 2.52. The van der Waals surface area contributed by atoms with Crippen LogP contribution < -0.4 is 21.5 Å². The van der Waals surface area contributed by atoms with Gasteiger partial charge in [-0.3, -0.25) is 30.0 Å². The van der Waals surface area contributed by atoms with E-state index < -0.39 is 35.1 Å². The van der Waals surface area contributed by atoms with Gasteiger partial charge >= 0.3 is 25.4 Å². The molecule has 0 aromatic carbocycles. The molecule has 0 atom stereocenters. The summed E-state index contributed by atoms with van der Waals surface area (Å²) in [6.07, 6.45) is 7.79. The third kappa shape index (κ3) is 18.0. The van der Waals surface area contributed by atoms with Gasteiger partial charge < -0.3 is 38.8 Å². The van der Waals surface area contributed by atoms with Crippen LogP contribution >= 0.6 is 45.2 Å². The number of aromatic nitrogens is 9. The largest absolute Gasteiger partial charge is 0.514 e. The van der Waals surface area contributed by atoms with Crippen molar-refractivity contribution in [3.8, 4) is 39.8 Å². The van der Waals surface area contributed by atoms with Gasteiger partial charge in [0.2, 0.25) is 0 Å². The number of carbonyl (C=O) groups excluding carboxylic acids is 3. The van der Waals surface area contributed by atoms with Crippen molar-refractivity contribution in [2.45, 2.75) is 118 Å². The van der Waals surface area contributed by atoms with Gasteiger partial charge in [-0.15, -0.1) is 0 Å². The molecule has 6 N–H and O–H groups in total. The lowest BCUT2D eigenvalue weighted by atomic mass is 9.85. The van der Waals surface area contributed by atoms with Crippen LogP contribution in [-0.2, 0) is 44.7 Å². The van der Waals surface area contributed by atoms with E-state index >= 15 is 0 Å². The molecule has 0 bridgehead atoms. The minimum atomic E-state index is -0.668. The lowest BCUT2D eigenvalue weighted by Gasteiger charge is -2.32. The van der Waals surface area contributed by atoms with Crippen LogP contribution in [0, 0.1) is 7.14 Å². The van der Waals surface area contributed by atoms with E-state index in [1.807, 2.05) is 63.4 Å². The first-order valence-corrected chi connectivity index (χ1v) is 24.9. The molecule has 6 aromatic heterocycles. The summed E-state index contributed by atoms with van der Waals surface area (Å²) in [5, 5.41) is 49.0. The van der Waals surface area contributed by atoms with Gasteiger partial charge in [-0.25, -0.2) is 29.3 Å². The number of carbonyl (C=O) groups is 3. The number of pyridine rings is 3. The van der Waals surface area contributed by atoms with Crippen molar-refractivity contribution in [1.29, 1.82) is 0 Å². The number of rotatable bonds is 6. The Morgan fingerprint density at radius 2 is 0.986 bits per heavy atom. The molecule has 74 heavy (non-hydrogen) atoms. The van der Waals surface area contributed by atoms with Crippen molar-refractivity contribution in [2.75, 3.05) is 16.0 Å². The van der Waals surface area contributed by atoms with E-state index in [-0.39, 0.29) is 53.0 Å². The minimum Gasteiger partial charge on any atom is -0.504 e. The van der Waals surface area contributed by atoms with E-state index in [0.717, 1.165) is 24.1 Å². The molecule has 0 unspecified atom stereocenters. The van der Waals surface area contributed by atoms with Crippen LogP contribution in [0.15, 0.2) is 67.5 Å². The number of nitrogens with zero attached hydrogens (tertiary/aromatic N) is 9. The smallest absolute Gasteiger partial charge is 0.504 e. The van der Waals surface area contributed by atoms with Crippen molar-refractivity contribution in [1.82, 2.24) is 44.3 Å². The molecule has 1 saturated heterocycles. The molecule has 0 radical (unpaired) electrons. The molecule has 0 saturated carbocycles. The lowest BCUT2D eigenvalue weighted by Crippen LogP contribution is -2.41. The Labute approximate surface area is 457 Å². The highest BCUT2D eigenvalue weighted by atomic mass is 127. The monoisotopic (exact) mass is 1250 g/mol. The normalized spacial score (nSPS) is 13.7. The molecule has 23 nitrogen and oxygen atoms in total. The fourth-order valence-corrected chi connectivity index (χ4v) is 7.29. The van der Waals surface area contributed by atoms with E-state index in [4.69, 9.17) is 23.5 Å². The predicted molar refractivity (Wildman–Crippen MR) is 296 cm³/mol. The summed E-state index contributed by atoms with van der Waals surface area (Å²) >= 11 is 4.17. The Bertz CT molecular complexity index is 2870. The first kappa shape index (κ1) is 60.3. The number of amides is 3. The number of aromatic hydroxyl groups is 3. The maximum atomic E-state index is 11.7. The average molecular weight is 1250 g/mol. The van der Waals surface area contributed by atoms with Gasteiger partial charge in [-0.1, -0.05) is 0 Å². The van der Waals surface area contributed by atoms with Gasteiger partial charge in [0.15, 0.2) is 34.7 Å². The Kier molecular flexibility index (Phi) is 19.9. The highest BCUT2D eigenvalue weighted by Crippen LogP contribution is 2.36. The second-order valence-electron chi connectivity index (χ2n) is 20.4. The second kappa shape index (κ2) is 24.4. The summed E-state index contributed by atoms with van der Waals surface area (Å²) in [5.41, 5.74) is 1.60.